The van der Waals surface area contributed by atoms with E-state index in [1.54, 1.807) is 6.20 Å². The summed E-state index contributed by atoms with van der Waals surface area (Å²) in [5, 5.41) is 16.4. The molecular weight excluding hydrogens is 305 g/mol. The maximum atomic E-state index is 13.4. The van der Waals surface area contributed by atoms with Gasteiger partial charge in [0.15, 0.2) is 0 Å². The minimum atomic E-state index is -0.823. The number of hydrogen-bond acceptors (Lipinski definition) is 5. The zero-order valence-electron chi connectivity index (χ0n) is 10.7. The summed E-state index contributed by atoms with van der Waals surface area (Å²) in [5.74, 6) is -0.823. The number of nitrogens with zero attached hydrogens (tertiary/aromatic N) is 2. The fourth-order valence-electron chi connectivity index (χ4n) is 1.71. The SMILES string of the molecule is CC(C)(Nc1cc(Cl)c(F)cc1[N+](=O)[O-])c1nccs1. The van der Waals surface area contributed by atoms with Gasteiger partial charge in [0.05, 0.1) is 21.6 Å². The summed E-state index contributed by atoms with van der Waals surface area (Å²) in [6.45, 7) is 3.65. The number of halogens is 2. The number of nitrogens with one attached hydrogen (secondary N) is 1. The highest BCUT2D eigenvalue weighted by molar-refractivity contribution is 7.09. The van der Waals surface area contributed by atoms with Gasteiger partial charge in [-0.15, -0.1) is 11.3 Å². The smallest absolute Gasteiger partial charge is 0.295 e. The topological polar surface area (TPSA) is 68.1 Å². The summed E-state index contributed by atoms with van der Waals surface area (Å²) in [7, 11) is 0. The normalized spacial score (nSPS) is 11.4. The molecule has 0 bridgehead atoms. The molecule has 1 aromatic carbocycles. The fraction of sp³-hybridized carbons (Fsp3) is 0.250. The van der Waals surface area contributed by atoms with Crippen LogP contribution in [-0.4, -0.2) is 9.91 Å². The Hall–Kier alpha value is -1.73. The molecule has 106 valence electrons. The van der Waals surface area contributed by atoms with Crippen LogP contribution in [0.5, 0.6) is 0 Å². The van der Waals surface area contributed by atoms with Gasteiger partial charge in [-0.1, -0.05) is 11.6 Å². The molecule has 0 saturated heterocycles. The van der Waals surface area contributed by atoms with Gasteiger partial charge in [0.25, 0.3) is 5.69 Å². The van der Waals surface area contributed by atoms with E-state index in [0.717, 1.165) is 11.1 Å². The molecule has 0 aliphatic heterocycles. The monoisotopic (exact) mass is 315 g/mol. The fourth-order valence-corrected chi connectivity index (χ4v) is 2.59. The highest BCUT2D eigenvalue weighted by atomic mass is 35.5. The molecule has 1 aromatic heterocycles. The number of anilines is 1. The molecule has 2 rings (SSSR count). The van der Waals surface area contributed by atoms with Crippen molar-refractivity contribution in [3.63, 3.8) is 0 Å². The first-order chi connectivity index (χ1) is 9.31. The average molecular weight is 316 g/mol. The van der Waals surface area contributed by atoms with Crippen molar-refractivity contribution in [2.24, 2.45) is 0 Å². The van der Waals surface area contributed by atoms with E-state index >= 15 is 0 Å². The second-order valence-corrected chi connectivity index (χ2v) is 5.93. The van der Waals surface area contributed by atoms with Gasteiger partial charge in [0.2, 0.25) is 0 Å². The van der Waals surface area contributed by atoms with Gasteiger partial charge in [0.1, 0.15) is 16.5 Å². The van der Waals surface area contributed by atoms with Crippen LogP contribution in [0.25, 0.3) is 0 Å². The number of benzene rings is 1. The maximum absolute atomic E-state index is 13.4. The molecule has 0 spiro atoms. The third-order valence-corrected chi connectivity index (χ3v) is 4.04. The van der Waals surface area contributed by atoms with Crippen LogP contribution < -0.4 is 5.32 Å². The molecule has 0 unspecified atom stereocenters. The van der Waals surface area contributed by atoms with E-state index in [2.05, 4.69) is 10.3 Å². The predicted octanol–water partition coefficient (Wildman–Crippen LogP) is 4.19. The van der Waals surface area contributed by atoms with Crippen LogP contribution >= 0.6 is 22.9 Å². The van der Waals surface area contributed by atoms with Crippen molar-refractivity contribution in [1.29, 1.82) is 0 Å². The minimum absolute atomic E-state index is 0.154. The van der Waals surface area contributed by atoms with E-state index < -0.39 is 16.3 Å². The number of nitro benzene ring substituents is 1. The minimum Gasteiger partial charge on any atom is -0.368 e. The van der Waals surface area contributed by atoms with Gasteiger partial charge < -0.3 is 5.32 Å². The first-order valence-corrected chi connectivity index (χ1v) is 6.88. The molecule has 0 atom stereocenters. The second-order valence-electron chi connectivity index (χ2n) is 4.63. The van der Waals surface area contributed by atoms with Gasteiger partial charge in [-0.3, -0.25) is 10.1 Å². The van der Waals surface area contributed by atoms with Crippen molar-refractivity contribution in [2.75, 3.05) is 5.32 Å². The Morgan fingerprint density at radius 2 is 2.20 bits per heavy atom. The molecule has 1 N–H and O–H groups in total. The molecule has 20 heavy (non-hydrogen) atoms. The first-order valence-electron chi connectivity index (χ1n) is 5.63. The Bertz CT molecular complexity index is 646. The van der Waals surface area contributed by atoms with E-state index in [1.165, 1.54) is 17.4 Å². The van der Waals surface area contributed by atoms with E-state index in [0.29, 0.717) is 0 Å². The highest BCUT2D eigenvalue weighted by Gasteiger charge is 2.27. The Balaban J connectivity index is 2.43. The molecule has 0 aliphatic carbocycles. The predicted molar refractivity (Wildman–Crippen MR) is 76.8 cm³/mol. The Kier molecular flexibility index (Phi) is 3.92. The number of hydrogen-bond donors (Lipinski definition) is 1. The van der Waals surface area contributed by atoms with E-state index in [9.17, 15) is 14.5 Å². The molecule has 5 nitrogen and oxygen atoms in total. The van der Waals surface area contributed by atoms with Gasteiger partial charge in [0, 0.05) is 11.6 Å². The lowest BCUT2D eigenvalue weighted by atomic mass is 10.1. The van der Waals surface area contributed by atoms with Crippen molar-refractivity contribution < 1.29 is 9.31 Å². The van der Waals surface area contributed by atoms with Gasteiger partial charge in [-0.25, -0.2) is 9.37 Å². The Labute approximate surface area is 123 Å². The third-order valence-electron chi connectivity index (χ3n) is 2.65. The molecule has 0 radical (unpaired) electrons. The van der Waals surface area contributed by atoms with Crippen LogP contribution in [0.15, 0.2) is 23.7 Å². The second kappa shape index (κ2) is 5.34. The highest BCUT2D eigenvalue weighted by Crippen LogP contribution is 2.35. The van der Waals surface area contributed by atoms with Crippen LogP contribution in [0.3, 0.4) is 0 Å². The largest absolute Gasteiger partial charge is 0.368 e. The zero-order valence-corrected chi connectivity index (χ0v) is 12.3. The summed E-state index contributed by atoms with van der Waals surface area (Å²) >= 11 is 7.11. The van der Waals surface area contributed by atoms with Crippen molar-refractivity contribution >= 4 is 34.3 Å². The Morgan fingerprint density at radius 3 is 2.75 bits per heavy atom. The summed E-state index contributed by atoms with van der Waals surface area (Å²) in [5.41, 5.74) is -0.849. The average Bonchev–Trinajstić information content (AvgIpc) is 2.87. The molecule has 0 aliphatic rings. The molecule has 2 aromatic rings. The van der Waals surface area contributed by atoms with Crippen LogP contribution in [0.4, 0.5) is 15.8 Å². The van der Waals surface area contributed by atoms with E-state index in [1.807, 2.05) is 19.2 Å². The summed E-state index contributed by atoms with van der Waals surface area (Å²) in [6.07, 6.45) is 1.65. The van der Waals surface area contributed by atoms with Gasteiger partial charge in [-0.2, -0.15) is 0 Å². The van der Waals surface area contributed by atoms with Crippen molar-refractivity contribution in [3.8, 4) is 0 Å². The van der Waals surface area contributed by atoms with Gasteiger partial charge >= 0.3 is 0 Å². The number of thiazole rings is 1. The van der Waals surface area contributed by atoms with E-state index in [-0.39, 0.29) is 16.4 Å². The van der Waals surface area contributed by atoms with Crippen LogP contribution in [0, 0.1) is 15.9 Å². The number of nitro groups is 1. The lowest BCUT2D eigenvalue weighted by Crippen LogP contribution is -2.28. The van der Waals surface area contributed by atoms with E-state index in [4.69, 9.17) is 11.6 Å². The van der Waals surface area contributed by atoms with Crippen LogP contribution in [0.2, 0.25) is 5.02 Å². The third kappa shape index (κ3) is 2.88. The molecule has 8 heteroatoms. The lowest BCUT2D eigenvalue weighted by Gasteiger charge is -2.25. The van der Waals surface area contributed by atoms with Crippen LogP contribution in [-0.2, 0) is 5.54 Å². The summed E-state index contributed by atoms with van der Waals surface area (Å²) in [4.78, 5) is 14.5. The molecular formula is C12H11ClFN3O2S. The molecule has 0 fully saturated rings. The summed E-state index contributed by atoms with van der Waals surface area (Å²) < 4.78 is 13.4. The van der Waals surface area contributed by atoms with Crippen molar-refractivity contribution in [3.05, 3.63) is 49.7 Å². The summed E-state index contributed by atoms with van der Waals surface area (Å²) in [6, 6.07) is 2.02. The maximum Gasteiger partial charge on any atom is 0.295 e. The number of aromatic nitrogens is 1. The standard InChI is InChI=1S/C12H11ClFN3O2S/c1-12(2,11-15-3-4-20-11)16-9-5-7(13)8(14)6-10(9)17(18)19/h3-6,16H,1-2H3. The van der Waals surface area contributed by atoms with Crippen molar-refractivity contribution in [1.82, 2.24) is 4.98 Å². The molecule has 0 saturated carbocycles. The quantitative estimate of drug-likeness (QED) is 0.678. The lowest BCUT2D eigenvalue weighted by molar-refractivity contribution is -0.384. The number of rotatable bonds is 4. The van der Waals surface area contributed by atoms with Crippen LogP contribution in [0.1, 0.15) is 18.9 Å². The zero-order chi connectivity index (χ0) is 14.9. The molecule has 1 heterocycles. The van der Waals surface area contributed by atoms with Gasteiger partial charge in [-0.05, 0) is 19.9 Å². The van der Waals surface area contributed by atoms with Crippen molar-refractivity contribution in [2.45, 2.75) is 19.4 Å². The molecule has 0 amide bonds. The Morgan fingerprint density at radius 1 is 1.50 bits per heavy atom. The first kappa shape index (κ1) is 14.7.